The summed E-state index contributed by atoms with van der Waals surface area (Å²) in [5.41, 5.74) is 1.34. The molecule has 1 aromatic rings. The maximum absolute atomic E-state index is 12.8. The van der Waals surface area contributed by atoms with Crippen molar-refractivity contribution in [3.63, 3.8) is 0 Å². The molecule has 1 aliphatic rings. The summed E-state index contributed by atoms with van der Waals surface area (Å²) in [5.74, 6) is -0.292. The quantitative estimate of drug-likeness (QED) is 0.839. The third-order valence-electron chi connectivity index (χ3n) is 4.60. The summed E-state index contributed by atoms with van der Waals surface area (Å²) in [6.45, 7) is 7.81. The van der Waals surface area contributed by atoms with E-state index in [0.717, 1.165) is 24.1 Å². The van der Waals surface area contributed by atoms with Gasteiger partial charge in [-0.25, -0.2) is 4.79 Å². The Labute approximate surface area is 167 Å². The van der Waals surface area contributed by atoms with Crippen molar-refractivity contribution in [2.45, 2.75) is 77.5 Å². The first kappa shape index (κ1) is 21.7. The van der Waals surface area contributed by atoms with Crippen molar-refractivity contribution < 1.29 is 14.3 Å². The molecule has 1 N–H and O–H groups in total. The van der Waals surface area contributed by atoms with Crippen LogP contribution in [-0.2, 0) is 16.0 Å². The molecule has 7 nitrogen and oxygen atoms in total. The number of amides is 2. The van der Waals surface area contributed by atoms with Gasteiger partial charge in [-0.3, -0.25) is 14.7 Å². The Kier molecular flexibility index (Phi) is 7.38. The molecule has 1 aliphatic heterocycles. The Morgan fingerprint density at radius 1 is 1.39 bits per heavy atom. The first-order valence-electron chi connectivity index (χ1n) is 9.81. The second kappa shape index (κ2) is 9.54. The summed E-state index contributed by atoms with van der Waals surface area (Å²) in [7, 11) is 0. The van der Waals surface area contributed by atoms with E-state index in [1.165, 1.54) is 4.90 Å². The molecular formula is C21H30N4O3. The highest BCUT2D eigenvalue weighted by atomic mass is 16.6. The van der Waals surface area contributed by atoms with E-state index >= 15 is 0 Å². The second-order valence-electron chi connectivity index (χ2n) is 8.22. The first-order chi connectivity index (χ1) is 13.2. The SMILES string of the molecule is Cc1ccc(CC[C@@H](C#N)NC(=O)[C@@H]2CCCCN2C(=O)OC(C)(C)C)cn1. The van der Waals surface area contributed by atoms with Gasteiger partial charge in [0.15, 0.2) is 0 Å². The number of piperidine rings is 1. The minimum absolute atomic E-state index is 0.292. The van der Waals surface area contributed by atoms with E-state index in [1.807, 2.05) is 19.1 Å². The highest BCUT2D eigenvalue weighted by molar-refractivity contribution is 5.86. The Bertz CT molecular complexity index is 719. The van der Waals surface area contributed by atoms with E-state index in [2.05, 4.69) is 16.4 Å². The standard InChI is InChI=1S/C21H30N4O3/c1-15-8-9-16(14-23-15)10-11-17(13-22)24-19(26)18-7-5-6-12-25(18)20(27)28-21(2,3)4/h8-9,14,17-18H,5-7,10-12H2,1-4H3,(H,24,26)/t17-,18-/m0/s1. The van der Waals surface area contributed by atoms with Gasteiger partial charge in [0.25, 0.3) is 0 Å². The maximum atomic E-state index is 12.8. The van der Waals surface area contributed by atoms with Gasteiger partial charge in [-0.15, -0.1) is 0 Å². The number of hydrogen-bond acceptors (Lipinski definition) is 5. The Morgan fingerprint density at radius 3 is 2.75 bits per heavy atom. The molecule has 28 heavy (non-hydrogen) atoms. The molecule has 1 aromatic heterocycles. The molecule has 1 fully saturated rings. The lowest BCUT2D eigenvalue weighted by Gasteiger charge is -2.36. The minimum Gasteiger partial charge on any atom is -0.444 e. The Hall–Kier alpha value is -2.62. The zero-order chi connectivity index (χ0) is 20.7. The molecule has 0 aliphatic carbocycles. The van der Waals surface area contributed by atoms with E-state index in [9.17, 15) is 14.9 Å². The highest BCUT2D eigenvalue weighted by Crippen LogP contribution is 2.21. The van der Waals surface area contributed by atoms with Gasteiger partial charge in [0, 0.05) is 18.4 Å². The van der Waals surface area contributed by atoms with Gasteiger partial charge >= 0.3 is 6.09 Å². The van der Waals surface area contributed by atoms with Gasteiger partial charge in [-0.2, -0.15) is 5.26 Å². The zero-order valence-corrected chi connectivity index (χ0v) is 17.2. The summed E-state index contributed by atoms with van der Waals surface area (Å²) in [4.78, 5) is 31.0. The summed E-state index contributed by atoms with van der Waals surface area (Å²) in [6, 6.07) is 4.84. The van der Waals surface area contributed by atoms with E-state index in [0.29, 0.717) is 25.8 Å². The van der Waals surface area contributed by atoms with Crippen molar-refractivity contribution in [2.24, 2.45) is 0 Å². The van der Waals surface area contributed by atoms with Crippen LogP contribution in [0.25, 0.3) is 0 Å². The number of nitrogens with one attached hydrogen (secondary N) is 1. The molecular weight excluding hydrogens is 356 g/mol. The van der Waals surface area contributed by atoms with Crippen LogP contribution in [0.2, 0.25) is 0 Å². The number of hydrogen-bond donors (Lipinski definition) is 1. The average molecular weight is 386 g/mol. The molecule has 2 amide bonds. The molecule has 0 saturated carbocycles. The number of carbonyl (C=O) groups is 2. The van der Waals surface area contributed by atoms with Gasteiger partial charge in [0.05, 0.1) is 6.07 Å². The highest BCUT2D eigenvalue weighted by Gasteiger charge is 2.35. The van der Waals surface area contributed by atoms with Crippen LogP contribution >= 0.6 is 0 Å². The number of pyridine rings is 1. The fraction of sp³-hybridized carbons (Fsp3) is 0.619. The summed E-state index contributed by atoms with van der Waals surface area (Å²) in [5, 5.41) is 12.2. The Morgan fingerprint density at radius 2 is 2.14 bits per heavy atom. The van der Waals surface area contributed by atoms with Gasteiger partial charge in [0.2, 0.25) is 5.91 Å². The molecule has 0 radical (unpaired) electrons. The molecule has 2 rings (SSSR count). The number of likely N-dealkylation sites (tertiary alicyclic amines) is 1. The number of aryl methyl sites for hydroxylation is 2. The van der Waals surface area contributed by atoms with Crippen molar-refractivity contribution in [3.8, 4) is 6.07 Å². The van der Waals surface area contributed by atoms with E-state index in [-0.39, 0.29) is 5.91 Å². The van der Waals surface area contributed by atoms with Crippen molar-refractivity contribution in [2.75, 3.05) is 6.54 Å². The lowest BCUT2D eigenvalue weighted by atomic mass is 10.0. The Balaban J connectivity index is 1.96. The van der Waals surface area contributed by atoms with Gasteiger partial charge < -0.3 is 10.1 Å². The number of ether oxygens (including phenoxy) is 1. The molecule has 0 aromatic carbocycles. The molecule has 0 unspecified atom stereocenters. The van der Waals surface area contributed by atoms with Crippen LogP contribution in [0.3, 0.4) is 0 Å². The lowest BCUT2D eigenvalue weighted by molar-refractivity contribution is -0.128. The number of aromatic nitrogens is 1. The summed E-state index contributed by atoms with van der Waals surface area (Å²) in [6.07, 6.45) is 4.72. The number of carbonyl (C=O) groups excluding carboxylic acids is 2. The van der Waals surface area contributed by atoms with Crippen LogP contribution in [0.15, 0.2) is 18.3 Å². The fourth-order valence-electron chi connectivity index (χ4n) is 3.14. The molecule has 0 bridgehead atoms. The molecule has 7 heteroatoms. The van der Waals surface area contributed by atoms with Crippen molar-refractivity contribution in [3.05, 3.63) is 29.6 Å². The van der Waals surface area contributed by atoms with Crippen LogP contribution in [0.1, 0.15) is 57.7 Å². The molecule has 2 atom stereocenters. The topological polar surface area (TPSA) is 95.3 Å². The zero-order valence-electron chi connectivity index (χ0n) is 17.2. The second-order valence-corrected chi connectivity index (χ2v) is 8.22. The average Bonchev–Trinajstić information content (AvgIpc) is 2.64. The van der Waals surface area contributed by atoms with Crippen LogP contribution < -0.4 is 5.32 Å². The smallest absolute Gasteiger partial charge is 0.410 e. The molecule has 0 spiro atoms. The number of nitrogens with zero attached hydrogens (tertiary/aromatic N) is 3. The predicted molar refractivity (Wildman–Crippen MR) is 105 cm³/mol. The first-order valence-corrected chi connectivity index (χ1v) is 9.81. The number of rotatable bonds is 5. The summed E-state index contributed by atoms with van der Waals surface area (Å²) >= 11 is 0. The van der Waals surface area contributed by atoms with Crippen LogP contribution in [0.4, 0.5) is 4.79 Å². The number of nitriles is 1. The molecule has 152 valence electrons. The van der Waals surface area contributed by atoms with Crippen LogP contribution in [0.5, 0.6) is 0 Å². The van der Waals surface area contributed by atoms with Gasteiger partial charge in [0.1, 0.15) is 17.7 Å². The van der Waals surface area contributed by atoms with Gasteiger partial charge in [-0.05, 0) is 71.4 Å². The lowest BCUT2D eigenvalue weighted by Crippen LogP contribution is -2.54. The van der Waals surface area contributed by atoms with Gasteiger partial charge in [-0.1, -0.05) is 6.07 Å². The third kappa shape index (κ3) is 6.52. The van der Waals surface area contributed by atoms with Crippen molar-refractivity contribution in [1.29, 1.82) is 5.26 Å². The minimum atomic E-state index is -0.618. The summed E-state index contributed by atoms with van der Waals surface area (Å²) < 4.78 is 5.44. The third-order valence-corrected chi connectivity index (χ3v) is 4.60. The molecule has 2 heterocycles. The normalized spacial score (nSPS) is 18.1. The predicted octanol–water partition coefficient (Wildman–Crippen LogP) is 3.12. The largest absolute Gasteiger partial charge is 0.444 e. The monoisotopic (exact) mass is 386 g/mol. The van der Waals surface area contributed by atoms with Crippen molar-refractivity contribution >= 4 is 12.0 Å². The van der Waals surface area contributed by atoms with Crippen LogP contribution in [-0.4, -0.2) is 46.1 Å². The van der Waals surface area contributed by atoms with E-state index < -0.39 is 23.8 Å². The van der Waals surface area contributed by atoms with E-state index in [1.54, 1.807) is 27.0 Å². The maximum Gasteiger partial charge on any atom is 0.410 e. The van der Waals surface area contributed by atoms with E-state index in [4.69, 9.17) is 4.74 Å². The van der Waals surface area contributed by atoms with Crippen molar-refractivity contribution in [1.82, 2.24) is 15.2 Å². The fourth-order valence-corrected chi connectivity index (χ4v) is 3.14. The van der Waals surface area contributed by atoms with Crippen LogP contribution in [0, 0.1) is 18.3 Å². The molecule has 1 saturated heterocycles.